The summed E-state index contributed by atoms with van der Waals surface area (Å²) in [5.74, 6) is 3.29. The Balaban J connectivity index is 1.60. The number of imidazole rings is 1. The maximum atomic E-state index is 5.54. The minimum absolute atomic E-state index is 0.479. The molecule has 2 aromatic rings. The van der Waals surface area contributed by atoms with E-state index >= 15 is 0 Å². The molecule has 0 spiro atoms. The Morgan fingerprint density at radius 2 is 2.00 bits per heavy atom. The smallest absolute Gasteiger partial charge is 0.191 e. The van der Waals surface area contributed by atoms with Crippen molar-refractivity contribution in [2.75, 3.05) is 39.4 Å². The number of aryl methyl sites for hydroxylation is 1. The molecule has 170 valence electrons. The molecule has 31 heavy (non-hydrogen) atoms. The number of hydrogen-bond acceptors (Lipinski definition) is 5. The SMILES string of the molecule is CCNC(=NCc1ccc(-n2ccnc2C)nc1)NCC(CC(C)C)N1CCOCC1. The summed E-state index contributed by atoms with van der Waals surface area (Å²) < 4.78 is 7.51. The molecule has 2 aromatic heterocycles. The summed E-state index contributed by atoms with van der Waals surface area (Å²) >= 11 is 0. The molecule has 8 nitrogen and oxygen atoms in total. The summed E-state index contributed by atoms with van der Waals surface area (Å²) in [7, 11) is 0. The largest absolute Gasteiger partial charge is 0.379 e. The first-order chi connectivity index (χ1) is 15.1. The zero-order chi connectivity index (χ0) is 22.1. The van der Waals surface area contributed by atoms with E-state index in [1.807, 2.05) is 30.0 Å². The van der Waals surface area contributed by atoms with Gasteiger partial charge in [0, 0.05) is 50.8 Å². The molecule has 2 N–H and O–H groups in total. The standard InChI is InChI=1S/C23H37N7O/c1-5-24-23(28-17-21(14-18(2)3)29-10-12-31-13-11-29)27-16-20-6-7-22(26-15-20)30-9-8-25-19(30)4/h6-9,15,18,21H,5,10-14,16-17H2,1-4H3,(H2,24,27,28). The Kier molecular flexibility index (Phi) is 8.85. The molecule has 1 saturated heterocycles. The third kappa shape index (κ3) is 7.04. The summed E-state index contributed by atoms with van der Waals surface area (Å²) in [5.41, 5.74) is 1.07. The molecule has 0 amide bonds. The van der Waals surface area contributed by atoms with Gasteiger partial charge in [0.05, 0.1) is 19.8 Å². The van der Waals surface area contributed by atoms with Crippen LogP contribution < -0.4 is 10.6 Å². The van der Waals surface area contributed by atoms with Crippen LogP contribution in [0, 0.1) is 12.8 Å². The lowest BCUT2D eigenvalue weighted by Crippen LogP contribution is -2.51. The molecular formula is C23H37N7O. The molecule has 1 atom stereocenters. The third-order valence-corrected chi connectivity index (χ3v) is 5.46. The maximum absolute atomic E-state index is 5.54. The van der Waals surface area contributed by atoms with Gasteiger partial charge in [-0.25, -0.2) is 15.0 Å². The van der Waals surface area contributed by atoms with Gasteiger partial charge in [-0.1, -0.05) is 19.9 Å². The number of morpholine rings is 1. The zero-order valence-corrected chi connectivity index (χ0v) is 19.3. The Morgan fingerprint density at radius 3 is 2.61 bits per heavy atom. The predicted octanol–water partition coefficient (Wildman–Crippen LogP) is 2.38. The third-order valence-electron chi connectivity index (χ3n) is 5.46. The van der Waals surface area contributed by atoms with Gasteiger partial charge in [-0.3, -0.25) is 9.47 Å². The second-order valence-corrected chi connectivity index (χ2v) is 8.38. The number of ether oxygens (including phenoxy) is 1. The number of nitrogens with one attached hydrogen (secondary N) is 2. The van der Waals surface area contributed by atoms with Gasteiger partial charge in [0.2, 0.25) is 0 Å². The van der Waals surface area contributed by atoms with E-state index < -0.39 is 0 Å². The number of aromatic nitrogens is 3. The lowest BCUT2D eigenvalue weighted by molar-refractivity contribution is 0.0132. The van der Waals surface area contributed by atoms with Gasteiger partial charge in [0.1, 0.15) is 11.6 Å². The van der Waals surface area contributed by atoms with E-state index in [4.69, 9.17) is 9.73 Å². The number of rotatable bonds is 9. The van der Waals surface area contributed by atoms with Gasteiger partial charge in [0.25, 0.3) is 0 Å². The summed E-state index contributed by atoms with van der Waals surface area (Å²) in [6.07, 6.45) is 6.75. The zero-order valence-electron chi connectivity index (χ0n) is 19.3. The van der Waals surface area contributed by atoms with Crippen LogP contribution in [0.4, 0.5) is 0 Å². The van der Waals surface area contributed by atoms with Crippen LogP contribution in [-0.4, -0.2) is 70.8 Å². The molecule has 1 aliphatic rings. The van der Waals surface area contributed by atoms with Crippen LogP contribution >= 0.6 is 0 Å². The number of hydrogen-bond donors (Lipinski definition) is 2. The predicted molar refractivity (Wildman–Crippen MR) is 125 cm³/mol. The average Bonchev–Trinajstić information content (AvgIpc) is 3.21. The number of pyridine rings is 1. The maximum Gasteiger partial charge on any atom is 0.191 e. The van der Waals surface area contributed by atoms with Gasteiger partial charge in [0.15, 0.2) is 5.96 Å². The summed E-state index contributed by atoms with van der Waals surface area (Å²) in [4.78, 5) is 16.1. The van der Waals surface area contributed by atoms with E-state index in [2.05, 4.69) is 52.3 Å². The second-order valence-electron chi connectivity index (χ2n) is 8.38. The monoisotopic (exact) mass is 427 g/mol. The normalized spacial score (nSPS) is 16.5. The highest BCUT2D eigenvalue weighted by atomic mass is 16.5. The molecule has 0 radical (unpaired) electrons. The average molecular weight is 428 g/mol. The Hall–Kier alpha value is -2.45. The highest BCUT2D eigenvalue weighted by Gasteiger charge is 2.22. The highest BCUT2D eigenvalue weighted by Crippen LogP contribution is 2.13. The van der Waals surface area contributed by atoms with Crippen molar-refractivity contribution in [2.45, 2.75) is 46.7 Å². The van der Waals surface area contributed by atoms with Crippen molar-refractivity contribution in [1.29, 1.82) is 0 Å². The number of guanidine groups is 1. The molecule has 0 aromatic carbocycles. The molecule has 3 heterocycles. The quantitative estimate of drug-likeness (QED) is 0.473. The van der Waals surface area contributed by atoms with Crippen molar-refractivity contribution in [3.05, 3.63) is 42.1 Å². The topological polar surface area (TPSA) is 79.6 Å². The minimum atomic E-state index is 0.479. The van der Waals surface area contributed by atoms with Crippen molar-refractivity contribution < 1.29 is 4.74 Å². The first-order valence-corrected chi connectivity index (χ1v) is 11.4. The Labute approximate surface area is 186 Å². The van der Waals surface area contributed by atoms with Crippen molar-refractivity contribution in [2.24, 2.45) is 10.9 Å². The van der Waals surface area contributed by atoms with Crippen LogP contribution in [0.2, 0.25) is 0 Å². The van der Waals surface area contributed by atoms with E-state index in [-0.39, 0.29) is 0 Å². The van der Waals surface area contributed by atoms with Gasteiger partial charge in [-0.05, 0) is 37.8 Å². The summed E-state index contributed by atoms with van der Waals surface area (Å²) in [5, 5.41) is 6.93. The Bertz CT molecular complexity index is 810. The fourth-order valence-corrected chi connectivity index (χ4v) is 3.85. The molecule has 1 unspecified atom stereocenters. The number of aliphatic imine (C=N–C) groups is 1. The summed E-state index contributed by atoms with van der Waals surface area (Å²) in [6.45, 7) is 14.6. The van der Waals surface area contributed by atoms with E-state index in [9.17, 15) is 0 Å². The molecule has 0 bridgehead atoms. The number of nitrogens with zero attached hydrogens (tertiary/aromatic N) is 5. The second kappa shape index (κ2) is 11.8. The van der Waals surface area contributed by atoms with Crippen LogP contribution in [-0.2, 0) is 11.3 Å². The van der Waals surface area contributed by atoms with Gasteiger partial charge < -0.3 is 15.4 Å². The first-order valence-electron chi connectivity index (χ1n) is 11.4. The van der Waals surface area contributed by atoms with E-state index in [1.165, 1.54) is 0 Å². The van der Waals surface area contributed by atoms with Gasteiger partial charge in [-0.2, -0.15) is 0 Å². The Morgan fingerprint density at radius 1 is 1.19 bits per heavy atom. The van der Waals surface area contributed by atoms with Crippen molar-refractivity contribution in [1.82, 2.24) is 30.1 Å². The van der Waals surface area contributed by atoms with Gasteiger partial charge in [-0.15, -0.1) is 0 Å². The highest BCUT2D eigenvalue weighted by molar-refractivity contribution is 5.79. The van der Waals surface area contributed by atoms with Gasteiger partial charge >= 0.3 is 0 Å². The van der Waals surface area contributed by atoms with E-state index in [1.54, 1.807) is 6.20 Å². The van der Waals surface area contributed by atoms with E-state index in [0.717, 1.165) is 69.0 Å². The van der Waals surface area contributed by atoms with Crippen LogP contribution in [0.5, 0.6) is 0 Å². The molecule has 0 saturated carbocycles. The fraction of sp³-hybridized carbons (Fsp3) is 0.609. The molecular weight excluding hydrogens is 390 g/mol. The lowest BCUT2D eigenvalue weighted by atomic mass is 10.0. The first kappa shape index (κ1) is 23.2. The molecule has 1 fully saturated rings. The molecule has 8 heteroatoms. The van der Waals surface area contributed by atoms with Crippen LogP contribution in [0.15, 0.2) is 35.7 Å². The summed E-state index contributed by atoms with van der Waals surface area (Å²) in [6, 6.07) is 4.56. The molecule has 0 aliphatic carbocycles. The van der Waals surface area contributed by atoms with Crippen LogP contribution in [0.25, 0.3) is 5.82 Å². The van der Waals surface area contributed by atoms with Crippen molar-refractivity contribution in [3.63, 3.8) is 0 Å². The van der Waals surface area contributed by atoms with Crippen LogP contribution in [0.3, 0.4) is 0 Å². The van der Waals surface area contributed by atoms with Crippen molar-refractivity contribution >= 4 is 5.96 Å². The van der Waals surface area contributed by atoms with E-state index in [0.29, 0.717) is 18.5 Å². The fourth-order valence-electron chi connectivity index (χ4n) is 3.85. The molecule has 3 rings (SSSR count). The minimum Gasteiger partial charge on any atom is -0.379 e. The lowest BCUT2D eigenvalue weighted by Gasteiger charge is -2.35. The molecule has 1 aliphatic heterocycles. The van der Waals surface area contributed by atoms with Crippen molar-refractivity contribution in [3.8, 4) is 5.82 Å². The van der Waals surface area contributed by atoms with Crippen LogP contribution in [0.1, 0.15) is 38.6 Å².